The Labute approximate surface area is 102 Å². The fourth-order valence-corrected chi connectivity index (χ4v) is 2.28. The van der Waals surface area contributed by atoms with E-state index in [9.17, 15) is 4.79 Å². The molecule has 0 radical (unpaired) electrons. The fraction of sp³-hybridized carbons (Fsp3) is 0.500. The molecule has 1 unspecified atom stereocenters. The number of para-hydroxylation sites is 1. The first-order chi connectivity index (χ1) is 8.29. The molecule has 3 nitrogen and oxygen atoms in total. The van der Waals surface area contributed by atoms with Crippen LogP contribution >= 0.6 is 0 Å². The van der Waals surface area contributed by atoms with Gasteiger partial charge in [-0.1, -0.05) is 25.1 Å². The molecule has 0 fully saturated rings. The molecule has 0 amide bonds. The molecule has 0 saturated carbocycles. The van der Waals surface area contributed by atoms with Gasteiger partial charge in [0.2, 0.25) is 0 Å². The first-order valence-electron chi connectivity index (χ1n) is 6.23. The Morgan fingerprint density at radius 3 is 3.06 bits per heavy atom. The van der Waals surface area contributed by atoms with Crippen molar-refractivity contribution in [3.63, 3.8) is 0 Å². The molecular formula is C14H19NO2. The molecule has 1 aromatic carbocycles. The van der Waals surface area contributed by atoms with Gasteiger partial charge in [0.25, 0.3) is 0 Å². The molecule has 0 aromatic heterocycles. The monoisotopic (exact) mass is 233 g/mol. The van der Waals surface area contributed by atoms with Crippen molar-refractivity contribution in [2.75, 3.05) is 11.9 Å². The Morgan fingerprint density at radius 2 is 2.29 bits per heavy atom. The van der Waals surface area contributed by atoms with Crippen LogP contribution in [0.2, 0.25) is 0 Å². The molecule has 92 valence electrons. The molecule has 1 aliphatic rings. The second-order valence-corrected chi connectivity index (χ2v) is 4.43. The van der Waals surface area contributed by atoms with Crippen LogP contribution in [-0.4, -0.2) is 18.6 Å². The summed E-state index contributed by atoms with van der Waals surface area (Å²) in [5.74, 6) is 0. The van der Waals surface area contributed by atoms with Crippen LogP contribution in [0.25, 0.3) is 0 Å². The molecule has 2 rings (SSSR count). The topological polar surface area (TPSA) is 38.3 Å². The van der Waals surface area contributed by atoms with Gasteiger partial charge in [0.1, 0.15) is 12.0 Å². The highest BCUT2D eigenvalue weighted by Gasteiger charge is 2.32. The zero-order valence-corrected chi connectivity index (χ0v) is 10.2. The number of anilines is 1. The smallest absolute Gasteiger partial charge is 0.138 e. The van der Waals surface area contributed by atoms with Gasteiger partial charge < -0.3 is 14.8 Å². The largest absolute Gasteiger partial charge is 0.357 e. The molecule has 0 saturated heterocycles. The van der Waals surface area contributed by atoms with Crippen LogP contribution in [-0.2, 0) is 16.0 Å². The molecular weight excluding hydrogens is 214 g/mol. The summed E-state index contributed by atoms with van der Waals surface area (Å²) in [5.41, 5.74) is 2.21. The van der Waals surface area contributed by atoms with Crippen LogP contribution in [0.1, 0.15) is 31.7 Å². The number of aldehydes is 1. The van der Waals surface area contributed by atoms with Gasteiger partial charge in [0.05, 0.1) is 6.61 Å². The zero-order valence-electron chi connectivity index (χ0n) is 10.2. The second-order valence-electron chi connectivity index (χ2n) is 4.43. The Balaban J connectivity index is 2.08. The lowest BCUT2D eigenvalue weighted by molar-refractivity contribution is -0.110. The van der Waals surface area contributed by atoms with E-state index in [0.717, 1.165) is 31.2 Å². The lowest BCUT2D eigenvalue weighted by Crippen LogP contribution is -2.44. The van der Waals surface area contributed by atoms with Crippen LogP contribution in [0.4, 0.5) is 5.69 Å². The van der Waals surface area contributed by atoms with Crippen molar-refractivity contribution in [3.05, 3.63) is 29.8 Å². The lowest BCUT2D eigenvalue weighted by Gasteiger charge is -2.39. The Hall–Kier alpha value is -1.35. The molecule has 1 aromatic rings. The Bertz CT molecular complexity index is 392. The van der Waals surface area contributed by atoms with Crippen molar-refractivity contribution < 1.29 is 9.53 Å². The lowest BCUT2D eigenvalue weighted by atomic mass is 9.93. The van der Waals surface area contributed by atoms with E-state index in [1.165, 1.54) is 5.56 Å². The van der Waals surface area contributed by atoms with Crippen LogP contribution < -0.4 is 5.32 Å². The van der Waals surface area contributed by atoms with E-state index >= 15 is 0 Å². The average Bonchev–Trinajstić information content (AvgIpc) is 2.39. The normalized spacial score (nSPS) is 22.6. The minimum atomic E-state index is -0.294. The number of hydrogen-bond donors (Lipinski definition) is 1. The molecule has 17 heavy (non-hydrogen) atoms. The predicted octanol–water partition coefficient (Wildman–Crippen LogP) is 2.76. The quantitative estimate of drug-likeness (QED) is 0.627. The minimum Gasteiger partial charge on any atom is -0.357 e. The third-order valence-electron chi connectivity index (χ3n) is 3.36. The third-order valence-corrected chi connectivity index (χ3v) is 3.36. The van der Waals surface area contributed by atoms with E-state index in [0.29, 0.717) is 13.0 Å². The number of carbonyl (C=O) groups excluding carboxylic acids is 1. The summed E-state index contributed by atoms with van der Waals surface area (Å²) in [6, 6.07) is 8.32. The Kier molecular flexibility index (Phi) is 3.79. The molecule has 1 aliphatic heterocycles. The van der Waals surface area contributed by atoms with Crippen LogP contribution in [0.15, 0.2) is 24.3 Å². The maximum atomic E-state index is 10.3. The van der Waals surface area contributed by atoms with Gasteiger partial charge in [0, 0.05) is 12.1 Å². The molecule has 1 N–H and O–H groups in total. The van der Waals surface area contributed by atoms with E-state index in [4.69, 9.17) is 4.74 Å². The molecule has 1 atom stereocenters. The maximum absolute atomic E-state index is 10.3. The van der Waals surface area contributed by atoms with E-state index in [1.807, 2.05) is 6.07 Å². The Morgan fingerprint density at radius 1 is 1.47 bits per heavy atom. The van der Waals surface area contributed by atoms with E-state index in [1.54, 1.807) is 0 Å². The number of carbonyl (C=O) groups is 1. The average molecular weight is 233 g/mol. The highest BCUT2D eigenvalue weighted by atomic mass is 16.5. The van der Waals surface area contributed by atoms with Crippen molar-refractivity contribution in [2.45, 2.75) is 38.3 Å². The summed E-state index contributed by atoms with van der Waals surface area (Å²) in [7, 11) is 0. The summed E-state index contributed by atoms with van der Waals surface area (Å²) in [6.45, 7) is 2.61. The van der Waals surface area contributed by atoms with Crippen molar-refractivity contribution >= 4 is 12.0 Å². The second kappa shape index (κ2) is 5.32. The number of fused-ring (bicyclic) bond motifs is 1. The number of ether oxygens (including phenoxy) is 1. The molecule has 3 heteroatoms. The predicted molar refractivity (Wildman–Crippen MR) is 68.0 cm³/mol. The summed E-state index contributed by atoms with van der Waals surface area (Å²) < 4.78 is 5.87. The summed E-state index contributed by atoms with van der Waals surface area (Å²) in [5, 5.41) is 3.48. The van der Waals surface area contributed by atoms with Gasteiger partial charge in [-0.2, -0.15) is 0 Å². The van der Waals surface area contributed by atoms with Crippen molar-refractivity contribution in [3.8, 4) is 0 Å². The first kappa shape index (κ1) is 12.1. The van der Waals surface area contributed by atoms with Gasteiger partial charge in [0.15, 0.2) is 0 Å². The number of rotatable bonds is 5. The molecule has 0 spiro atoms. The van der Waals surface area contributed by atoms with E-state index in [2.05, 4.69) is 30.4 Å². The fourth-order valence-electron chi connectivity index (χ4n) is 2.28. The minimum absolute atomic E-state index is 0.294. The van der Waals surface area contributed by atoms with Gasteiger partial charge in [-0.05, 0) is 30.9 Å². The standard InChI is InChI=1S/C14H19NO2/c1-2-14(17-11-5-10-16)9-8-12-6-3-4-7-13(12)15-14/h3-4,6-7,10,15H,2,5,8-9,11H2,1H3. The highest BCUT2D eigenvalue weighted by Crippen LogP contribution is 2.33. The number of hydrogen-bond acceptors (Lipinski definition) is 3. The van der Waals surface area contributed by atoms with E-state index in [-0.39, 0.29) is 5.72 Å². The number of nitrogens with one attached hydrogen (secondary N) is 1. The van der Waals surface area contributed by atoms with E-state index < -0.39 is 0 Å². The highest BCUT2D eigenvalue weighted by molar-refractivity contribution is 5.54. The number of benzene rings is 1. The van der Waals surface area contributed by atoms with Gasteiger partial charge in [-0.3, -0.25) is 0 Å². The van der Waals surface area contributed by atoms with Crippen LogP contribution in [0.3, 0.4) is 0 Å². The van der Waals surface area contributed by atoms with Gasteiger partial charge in [-0.25, -0.2) is 0 Å². The maximum Gasteiger partial charge on any atom is 0.138 e. The summed E-state index contributed by atoms with van der Waals surface area (Å²) >= 11 is 0. The van der Waals surface area contributed by atoms with Gasteiger partial charge in [-0.15, -0.1) is 0 Å². The zero-order chi connectivity index (χ0) is 12.1. The SMILES string of the molecule is CCC1(OCCC=O)CCc2ccccc2N1. The molecule has 0 aliphatic carbocycles. The van der Waals surface area contributed by atoms with Gasteiger partial charge >= 0.3 is 0 Å². The summed E-state index contributed by atoms with van der Waals surface area (Å²) in [6.07, 6.45) is 4.25. The molecule has 0 bridgehead atoms. The van der Waals surface area contributed by atoms with Crippen molar-refractivity contribution in [1.82, 2.24) is 0 Å². The molecule has 1 heterocycles. The number of aryl methyl sites for hydroxylation is 1. The van der Waals surface area contributed by atoms with Crippen LogP contribution in [0.5, 0.6) is 0 Å². The van der Waals surface area contributed by atoms with Crippen molar-refractivity contribution in [1.29, 1.82) is 0 Å². The van der Waals surface area contributed by atoms with Crippen LogP contribution in [0, 0.1) is 0 Å². The first-order valence-corrected chi connectivity index (χ1v) is 6.23. The summed E-state index contributed by atoms with van der Waals surface area (Å²) in [4.78, 5) is 10.3. The third kappa shape index (κ3) is 2.67. The van der Waals surface area contributed by atoms with Crippen molar-refractivity contribution in [2.24, 2.45) is 0 Å².